The Morgan fingerprint density at radius 2 is 1.68 bits per heavy atom. The third-order valence-electron chi connectivity index (χ3n) is 4.54. The molecule has 0 spiro atoms. The molecular formula is C17H21BrClN3O3. The van der Waals surface area contributed by atoms with Gasteiger partial charge in [0.1, 0.15) is 0 Å². The smallest absolute Gasteiger partial charge is 0.255 e. The summed E-state index contributed by atoms with van der Waals surface area (Å²) >= 11 is 9.40. The van der Waals surface area contributed by atoms with Gasteiger partial charge in [0.2, 0.25) is 5.91 Å². The van der Waals surface area contributed by atoms with Crippen LogP contribution in [0.1, 0.15) is 10.4 Å². The second-order valence-corrected chi connectivity index (χ2v) is 7.48. The number of hydrogen-bond donors (Lipinski definition) is 0. The van der Waals surface area contributed by atoms with Crippen molar-refractivity contribution in [2.45, 2.75) is 0 Å². The van der Waals surface area contributed by atoms with Gasteiger partial charge in [0.15, 0.2) is 0 Å². The molecule has 0 radical (unpaired) electrons. The van der Waals surface area contributed by atoms with Gasteiger partial charge in [-0.2, -0.15) is 0 Å². The minimum atomic E-state index is -0.0605. The van der Waals surface area contributed by atoms with E-state index in [2.05, 4.69) is 20.8 Å². The van der Waals surface area contributed by atoms with Crippen molar-refractivity contribution in [3.63, 3.8) is 0 Å². The Morgan fingerprint density at radius 1 is 1.04 bits per heavy atom. The van der Waals surface area contributed by atoms with E-state index in [1.807, 2.05) is 4.90 Å². The molecule has 2 amide bonds. The molecule has 0 bridgehead atoms. The Kier molecular flexibility index (Phi) is 6.33. The van der Waals surface area contributed by atoms with Gasteiger partial charge in [0.05, 0.1) is 25.3 Å². The number of morpholine rings is 1. The normalized spacial score (nSPS) is 19.1. The van der Waals surface area contributed by atoms with Crippen molar-refractivity contribution in [2.24, 2.45) is 0 Å². The zero-order valence-corrected chi connectivity index (χ0v) is 16.3. The lowest BCUT2D eigenvalue weighted by Crippen LogP contribution is -2.53. The fourth-order valence-corrected chi connectivity index (χ4v) is 3.63. The van der Waals surface area contributed by atoms with Crippen LogP contribution in [0.3, 0.4) is 0 Å². The monoisotopic (exact) mass is 429 g/mol. The SMILES string of the molecule is O=C(CN1CCOCC1)N1CCN(C(=O)c2cc(Cl)ccc2Br)CC1. The summed E-state index contributed by atoms with van der Waals surface area (Å²) in [4.78, 5) is 30.8. The van der Waals surface area contributed by atoms with Gasteiger partial charge in [-0.3, -0.25) is 14.5 Å². The van der Waals surface area contributed by atoms with E-state index >= 15 is 0 Å². The lowest BCUT2D eigenvalue weighted by atomic mass is 10.2. The van der Waals surface area contributed by atoms with Gasteiger partial charge in [-0.15, -0.1) is 0 Å². The summed E-state index contributed by atoms with van der Waals surface area (Å²) in [7, 11) is 0. The molecule has 2 aliphatic heterocycles. The van der Waals surface area contributed by atoms with E-state index in [-0.39, 0.29) is 11.8 Å². The van der Waals surface area contributed by atoms with Gasteiger partial charge in [-0.25, -0.2) is 0 Å². The average molecular weight is 431 g/mol. The molecule has 2 heterocycles. The fraction of sp³-hybridized carbons (Fsp3) is 0.529. The number of ether oxygens (including phenoxy) is 1. The Balaban J connectivity index is 1.53. The minimum absolute atomic E-state index is 0.0605. The maximum atomic E-state index is 12.7. The first-order valence-electron chi connectivity index (χ1n) is 8.37. The van der Waals surface area contributed by atoms with Crippen LogP contribution in [0.25, 0.3) is 0 Å². The van der Waals surface area contributed by atoms with Crippen LogP contribution in [0.5, 0.6) is 0 Å². The number of amides is 2. The van der Waals surface area contributed by atoms with Crippen LogP contribution >= 0.6 is 27.5 Å². The van der Waals surface area contributed by atoms with E-state index in [9.17, 15) is 9.59 Å². The summed E-state index contributed by atoms with van der Waals surface area (Å²) in [6.45, 7) is 5.59. The first-order chi connectivity index (χ1) is 12.0. The van der Waals surface area contributed by atoms with Crippen molar-refractivity contribution in [2.75, 3.05) is 59.0 Å². The maximum Gasteiger partial charge on any atom is 0.255 e. The highest BCUT2D eigenvalue weighted by Crippen LogP contribution is 2.23. The van der Waals surface area contributed by atoms with E-state index in [0.717, 1.165) is 17.6 Å². The quantitative estimate of drug-likeness (QED) is 0.733. The zero-order chi connectivity index (χ0) is 17.8. The van der Waals surface area contributed by atoms with Gasteiger partial charge < -0.3 is 14.5 Å². The van der Waals surface area contributed by atoms with Crippen molar-refractivity contribution in [1.82, 2.24) is 14.7 Å². The first kappa shape index (κ1) is 18.6. The first-order valence-corrected chi connectivity index (χ1v) is 9.54. The lowest BCUT2D eigenvalue weighted by molar-refractivity contribution is -0.134. The molecule has 0 saturated carbocycles. The van der Waals surface area contributed by atoms with Crippen molar-refractivity contribution < 1.29 is 14.3 Å². The summed E-state index contributed by atoms with van der Waals surface area (Å²) in [6.07, 6.45) is 0. The second-order valence-electron chi connectivity index (χ2n) is 6.19. The summed E-state index contributed by atoms with van der Waals surface area (Å²) in [6, 6.07) is 5.19. The van der Waals surface area contributed by atoms with E-state index in [1.165, 1.54) is 0 Å². The van der Waals surface area contributed by atoms with Gasteiger partial charge in [0, 0.05) is 48.8 Å². The summed E-state index contributed by atoms with van der Waals surface area (Å²) in [5, 5.41) is 0.533. The molecule has 2 saturated heterocycles. The van der Waals surface area contributed by atoms with E-state index < -0.39 is 0 Å². The number of carbonyl (C=O) groups excluding carboxylic acids is 2. The van der Waals surface area contributed by atoms with Gasteiger partial charge in [-0.05, 0) is 34.1 Å². The van der Waals surface area contributed by atoms with E-state index in [0.29, 0.717) is 56.5 Å². The molecule has 0 atom stereocenters. The van der Waals surface area contributed by atoms with Crippen LogP contribution in [-0.2, 0) is 9.53 Å². The lowest BCUT2D eigenvalue weighted by Gasteiger charge is -2.36. The van der Waals surface area contributed by atoms with Gasteiger partial charge in [0.25, 0.3) is 5.91 Å². The number of halogens is 2. The molecule has 1 aromatic rings. The standard InChI is InChI=1S/C17H21BrClN3O3/c18-15-2-1-13(19)11-14(15)17(24)22-5-3-21(4-6-22)16(23)12-20-7-9-25-10-8-20/h1-2,11H,3-10,12H2. The third-order valence-corrected chi connectivity index (χ3v) is 5.47. The topological polar surface area (TPSA) is 53.1 Å². The summed E-state index contributed by atoms with van der Waals surface area (Å²) in [5.74, 6) is 0.0626. The van der Waals surface area contributed by atoms with Crippen LogP contribution in [-0.4, -0.2) is 85.5 Å². The Bertz CT molecular complexity index is 644. The fourth-order valence-electron chi connectivity index (χ4n) is 3.04. The molecule has 6 nitrogen and oxygen atoms in total. The van der Waals surface area contributed by atoms with Crippen LogP contribution in [0.2, 0.25) is 5.02 Å². The summed E-state index contributed by atoms with van der Waals surface area (Å²) in [5.41, 5.74) is 0.556. The molecule has 2 fully saturated rings. The van der Waals surface area contributed by atoms with Crippen molar-refractivity contribution in [3.8, 4) is 0 Å². The number of rotatable bonds is 3. The highest BCUT2D eigenvalue weighted by Gasteiger charge is 2.27. The molecule has 25 heavy (non-hydrogen) atoms. The molecule has 0 unspecified atom stereocenters. The molecular weight excluding hydrogens is 410 g/mol. The predicted octanol–water partition coefficient (Wildman–Crippen LogP) is 1.72. The molecule has 1 aromatic carbocycles. The minimum Gasteiger partial charge on any atom is -0.379 e. The van der Waals surface area contributed by atoms with E-state index in [4.69, 9.17) is 16.3 Å². The highest BCUT2D eigenvalue weighted by molar-refractivity contribution is 9.10. The summed E-state index contributed by atoms with van der Waals surface area (Å²) < 4.78 is 6.03. The molecule has 3 rings (SSSR count). The Morgan fingerprint density at radius 3 is 2.36 bits per heavy atom. The number of nitrogens with zero attached hydrogens (tertiary/aromatic N) is 3. The van der Waals surface area contributed by atoms with Gasteiger partial charge in [-0.1, -0.05) is 11.6 Å². The Hall–Kier alpha value is -1.15. The largest absolute Gasteiger partial charge is 0.379 e. The molecule has 0 aliphatic carbocycles. The number of piperazine rings is 1. The van der Waals surface area contributed by atoms with Gasteiger partial charge >= 0.3 is 0 Å². The maximum absolute atomic E-state index is 12.7. The Labute approximate surface area is 160 Å². The van der Waals surface area contributed by atoms with Crippen LogP contribution in [0.15, 0.2) is 22.7 Å². The molecule has 2 aliphatic rings. The molecule has 136 valence electrons. The van der Waals surface area contributed by atoms with Crippen LogP contribution in [0, 0.1) is 0 Å². The predicted molar refractivity (Wildman–Crippen MR) is 98.9 cm³/mol. The van der Waals surface area contributed by atoms with Crippen LogP contribution in [0.4, 0.5) is 0 Å². The number of carbonyl (C=O) groups is 2. The van der Waals surface area contributed by atoms with Crippen molar-refractivity contribution in [3.05, 3.63) is 33.3 Å². The molecule has 8 heteroatoms. The van der Waals surface area contributed by atoms with Crippen LogP contribution < -0.4 is 0 Å². The highest BCUT2D eigenvalue weighted by atomic mass is 79.9. The second kappa shape index (κ2) is 8.49. The number of hydrogen-bond acceptors (Lipinski definition) is 4. The number of benzene rings is 1. The molecule has 0 N–H and O–H groups in total. The van der Waals surface area contributed by atoms with E-state index in [1.54, 1.807) is 23.1 Å². The third kappa shape index (κ3) is 4.73. The van der Waals surface area contributed by atoms with Crippen molar-refractivity contribution in [1.29, 1.82) is 0 Å². The zero-order valence-electron chi connectivity index (χ0n) is 13.9. The average Bonchev–Trinajstić information content (AvgIpc) is 2.64. The molecule has 0 aromatic heterocycles. The van der Waals surface area contributed by atoms with Crippen molar-refractivity contribution >= 4 is 39.3 Å².